The molecule has 0 aromatic rings. The van der Waals surface area contributed by atoms with Crippen molar-refractivity contribution in [2.24, 2.45) is 0 Å². The Kier molecular flexibility index (Phi) is 28.9. The van der Waals surface area contributed by atoms with E-state index in [1.54, 1.807) is 0 Å². The number of hydrogen-bond donors (Lipinski definition) is 0. The SMILES string of the molecule is CCCCCCCCCCCCCCCO[Si](CCCCCC)(CCCCCC)CCCCCC. The Morgan fingerprint density at radius 3 is 0.886 bits per heavy atom. The Hall–Kier alpha value is 0.177. The summed E-state index contributed by atoms with van der Waals surface area (Å²) in [5, 5.41) is 0. The van der Waals surface area contributed by atoms with Gasteiger partial charge in [0, 0.05) is 6.61 Å². The predicted octanol–water partition coefficient (Wildman–Crippen LogP) is 12.8. The lowest BCUT2D eigenvalue weighted by Gasteiger charge is -2.32. The van der Waals surface area contributed by atoms with Gasteiger partial charge < -0.3 is 4.43 Å². The Morgan fingerprint density at radius 1 is 0.314 bits per heavy atom. The number of unbranched alkanes of at least 4 members (excludes halogenated alkanes) is 21. The first-order chi connectivity index (χ1) is 17.2. The number of hydrogen-bond acceptors (Lipinski definition) is 1. The van der Waals surface area contributed by atoms with Crippen LogP contribution >= 0.6 is 0 Å². The molecule has 0 aromatic heterocycles. The van der Waals surface area contributed by atoms with Crippen LogP contribution in [0.1, 0.15) is 188 Å². The third kappa shape index (κ3) is 24.3. The fourth-order valence-corrected chi connectivity index (χ4v) is 10.1. The van der Waals surface area contributed by atoms with Crippen molar-refractivity contribution in [3.8, 4) is 0 Å². The maximum Gasteiger partial charge on any atom is 0.192 e. The molecular weight excluding hydrogens is 440 g/mol. The van der Waals surface area contributed by atoms with E-state index in [2.05, 4.69) is 27.7 Å². The molecule has 0 fully saturated rings. The van der Waals surface area contributed by atoms with Crippen LogP contribution < -0.4 is 0 Å². The van der Waals surface area contributed by atoms with Crippen molar-refractivity contribution in [1.82, 2.24) is 0 Å². The van der Waals surface area contributed by atoms with Gasteiger partial charge in [0.25, 0.3) is 0 Å². The maximum absolute atomic E-state index is 7.01. The molecule has 0 saturated carbocycles. The van der Waals surface area contributed by atoms with Gasteiger partial charge in [0.2, 0.25) is 0 Å². The van der Waals surface area contributed by atoms with Crippen molar-refractivity contribution < 1.29 is 4.43 Å². The molecule has 0 saturated heterocycles. The van der Waals surface area contributed by atoms with E-state index in [4.69, 9.17) is 4.43 Å². The van der Waals surface area contributed by atoms with Crippen LogP contribution in [0.3, 0.4) is 0 Å². The second kappa shape index (κ2) is 28.7. The van der Waals surface area contributed by atoms with Crippen molar-refractivity contribution in [3.05, 3.63) is 0 Å². The molecule has 0 aliphatic rings. The van der Waals surface area contributed by atoms with Crippen LogP contribution in [0.4, 0.5) is 0 Å². The van der Waals surface area contributed by atoms with E-state index in [1.807, 2.05) is 0 Å². The van der Waals surface area contributed by atoms with Crippen molar-refractivity contribution in [2.45, 2.75) is 206 Å². The van der Waals surface area contributed by atoms with Crippen molar-refractivity contribution in [3.63, 3.8) is 0 Å². The van der Waals surface area contributed by atoms with Crippen LogP contribution in [0.2, 0.25) is 18.1 Å². The average Bonchev–Trinajstić information content (AvgIpc) is 2.87. The molecule has 0 heterocycles. The molecule has 0 amide bonds. The molecule has 0 aliphatic carbocycles. The van der Waals surface area contributed by atoms with E-state index < -0.39 is 8.32 Å². The monoisotopic (exact) mass is 511 g/mol. The summed E-state index contributed by atoms with van der Waals surface area (Å²) in [6.45, 7) is 10.4. The maximum atomic E-state index is 7.01. The molecule has 1 nitrogen and oxygen atoms in total. The first kappa shape index (κ1) is 35.2. The Labute approximate surface area is 225 Å². The molecule has 0 aromatic carbocycles. The summed E-state index contributed by atoms with van der Waals surface area (Å²) >= 11 is 0. The first-order valence-electron chi connectivity index (χ1n) is 16.9. The van der Waals surface area contributed by atoms with Crippen LogP contribution in [-0.4, -0.2) is 14.9 Å². The highest BCUT2D eigenvalue weighted by atomic mass is 28.4. The molecule has 0 bridgehead atoms. The third-order valence-electron chi connectivity index (χ3n) is 8.11. The molecule has 0 aliphatic heterocycles. The minimum Gasteiger partial charge on any atom is -0.417 e. The van der Waals surface area contributed by atoms with Gasteiger partial charge in [0.15, 0.2) is 8.32 Å². The summed E-state index contributed by atoms with van der Waals surface area (Å²) in [5.41, 5.74) is 0. The standard InChI is InChI=1S/C33H70OSi/c1-5-9-13-17-18-19-20-21-22-23-24-25-26-30-34-35(31-27-14-10-6-2,32-28-15-11-7-3)33-29-16-12-8-4/h5-33H2,1-4H3. The molecule has 0 rings (SSSR count). The van der Waals surface area contributed by atoms with E-state index in [1.165, 1.54) is 179 Å². The largest absolute Gasteiger partial charge is 0.417 e. The smallest absolute Gasteiger partial charge is 0.192 e. The second-order valence-corrected chi connectivity index (χ2v) is 15.9. The lowest BCUT2D eigenvalue weighted by molar-refractivity contribution is 0.281. The van der Waals surface area contributed by atoms with E-state index in [0.717, 1.165) is 6.61 Å². The summed E-state index contributed by atoms with van der Waals surface area (Å²) in [6.07, 6.45) is 35.5. The molecule has 0 atom stereocenters. The van der Waals surface area contributed by atoms with E-state index >= 15 is 0 Å². The van der Waals surface area contributed by atoms with Crippen LogP contribution in [0.5, 0.6) is 0 Å². The van der Waals surface area contributed by atoms with E-state index in [0.29, 0.717) is 0 Å². The lowest BCUT2D eigenvalue weighted by Crippen LogP contribution is -2.38. The fraction of sp³-hybridized carbons (Fsp3) is 1.00. The average molecular weight is 511 g/mol. The summed E-state index contributed by atoms with van der Waals surface area (Å²) in [6, 6.07) is 4.34. The molecule has 212 valence electrons. The minimum atomic E-state index is -1.55. The Morgan fingerprint density at radius 2 is 0.571 bits per heavy atom. The predicted molar refractivity (Wildman–Crippen MR) is 164 cm³/mol. The number of rotatable bonds is 30. The van der Waals surface area contributed by atoms with E-state index in [9.17, 15) is 0 Å². The van der Waals surface area contributed by atoms with Crippen LogP contribution in [0.15, 0.2) is 0 Å². The lowest BCUT2D eigenvalue weighted by atomic mass is 10.0. The van der Waals surface area contributed by atoms with Gasteiger partial charge in [-0.05, 0) is 24.6 Å². The topological polar surface area (TPSA) is 9.23 Å². The quantitative estimate of drug-likeness (QED) is 0.0689. The van der Waals surface area contributed by atoms with Gasteiger partial charge >= 0.3 is 0 Å². The van der Waals surface area contributed by atoms with Crippen LogP contribution in [-0.2, 0) is 4.43 Å². The minimum absolute atomic E-state index is 1.07. The third-order valence-corrected chi connectivity index (χ3v) is 12.7. The first-order valence-corrected chi connectivity index (χ1v) is 19.4. The summed E-state index contributed by atoms with van der Waals surface area (Å²) in [7, 11) is -1.55. The van der Waals surface area contributed by atoms with Gasteiger partial charge in [-0.2, -0.15) is 0 Å². The molecule has 2 heteroatoms. The molecule has 0 N–H and O–H groups in total. The molecule has 0 radical (unpaired) electrons. The van der Waals surface area contributed by atoms with Gasteiger partial charge in [0.05, 0.1) is 0 Å². The van der Waals surface area contributed by atoms with Crippen LogP contribution in [0.25, 0.3) is 0 Å². The highest BCUT2D eigenvalue weighted by Gasteiger charge is 2.33. The van der Waals surface area contributed by atoms with Gasteiger partial charge in [-0.1, -0.05) is 182 Å². The summed E-state index contributed by atoms with van der Waals surface area (Å²) in [4.78, 5) is 0. The van der Waals surface area contributed by atoms with Crippen molar-refractivity contribution >= 4 is 8.32 Å². The fourth-order valence-electron chi connectivity index (χ4n) is 5.62. The van der Waals surface area contributed by atoms with Crippen molar-refractivity contribution in [2.75, 3.05) is 6.61 Å². The zero-order valence-electron chi connectivity index (χ0n) is 25.4. The Balaban J connectivity index is 4.23. The molecule has 35 heavy (non-hydrogen) atoms. The van der Waals surface area contributed by atoms with Crippen molar-refractivity contribution in [1.29, 1.82) is 0 Å². The van der Waals surface area contributed by atoms with Crippen LogP contribution in [0, 0.1) is 0 Å². The zero-order chi connectivity index (χ0) is 25.7. The molecular formula is C33H70OSi. The normalized spacial score (nSPS) is 12.0. The zero-order valence-corrected chi connectivity index (χ0v) is 26.4. The Bertz CT molecular complexity index is 352. The summed E-state index contributed by atoms with van der Waals surface area (Å²) < 4.78 is 7.01. The van der Waals surface area contributed by atoms with Gasteiger partial charge in [-0.25, -0.2) is 0 Å². The van der Waals surface area contributed by atoms with E-state index in [-0.39, 0.29) is 0 Å². The molecule has 0 unspecified atom stereocenters. The van der Waals surface area contributed by atoms with Gasteiger partial charge in [-0.15, -0.1) is 0 Å². The highest BCUT2D eigenvalue weighted by molar-refractivity contribution is 6.73. The highest BCUT2D eigenvalue weighted by Crippen LogP contribution is 2.31. The van der Waals surface area contributed by atoms with Gasteiger partial charge in [-0.3, -0.25) is 0 Å². The molecule has 0 spiro atoms. The second-order valence-electron chi connectivity index (χ2n) is 11.7. The van der Waals surface area contributed by atoms with Gasteiger partial charge in [0.1, 0.15) is 0 Å². The summed E-state index contributed by atoms with van der Waals surface area (Å²) in [5.74, 6) is 0.